The molecule has 8 heteroatoms. The van der Waals surface area contributed by atoms with Crippen molar-refractivity contribution in [3.05, 3.63) is 64.6 Å². The normalized spacial score (nSPS) is 14.7. The number of oxazole rings is 1. The fraction of sp³-hybridized carbons (Fsp3) is 0.417. The smallest absolute Gasteiger partial charge is 0.420 e. The SMILES string of the molecule is CN(CCOc1cccc(CNC(=O)Cn2c(=O)oc3ccccc32)c1)C1CCOCC1. The van der Waals surface area contributed by atoms with Gasteiger partial charge in [0, 0.05) is 32.3 Å². The molecule has 4 rings (SSSR count). The maximum atomic E-state index is 12.4. The van der Waals surface area contributed by atoms with E-state index in [0.29, 0.717) is 30.3 Å². The lowest BCUT2D eigenvalue weighted by molar-refractivity contribution is -0.121. The number of fused-ring (bicyclic) bond motifs is 1. The Kier molecular flexibility index (Phi) is 7.24. The van der Waals surface area contributed by atoms with E-state index in [-0.39, 0.29) is 12.5 Å². The highest BCUT2D eigenvalue weighted by Gasteiger charge is 2.18. The highest BCUT2D eigenvalue weighted by Crippen LogP contribution is 2.15. The van der Waals surface area contributed by atoms with Gasteiger partial charge in [-0.25, -0.2) is 4.79 Å². The van der Waals surface area contributed by atoms with Gasteiger partial charge in [-0.05, 0) is 49.7 Å². The van der Waals surface area contributed by atoms with Gasteiger partial charge in [0.15, 0.2) is 5.58 Å². The molecule has 0 atom stereocenters. The molecule has 1 N–H and O–H groups in total. The Hall–Kier alpha value is -3.10. The molecule has 1 aliphatic heterocycles. The van der Waals surface area contributed by atoms with Crippen LogP contribution in [0.2, 0.25) is 0 Å². The van der Waals surface area contributed by atoms with E-state index in [1.165, 1.54) is 4.57 Å². The summed E-state index contributed by atoms with van der Waals surface area (Å²) in [6.07, 6.45) is 2.12. The number of carbonyl (C=O) groups is 1. The van der Waals surface area contributed by atoms with Crippen molar-refractivity contribution in [2.45, 2.75) is 32.0 Å². The number of likely N-dealkylation sites (N-methyl/N-ethyl adjacent to an activating group) is 1. The van der Waals surface area contributed by atoms with Crippen LogP contribution in [0.4, 0.5) is 0 Å². The van der Waals surface area contributed by atoms with E-state index >= 15 is 0 Å². The third-order valence-corrected chi connectivity index (χ3v) is 5.79. The van der Waals surface area contributed by atoms with Crippen molar-refractivity contribution in [1.29, 1.82) is 0 Å². The van der Waals surface area contributed by atoms with Crippen LogP contribution in [0.25, 0.3) is 11.1 Å². The second kappa shape index (κ2) is 10.5. The monoisotopic (exact) mass is 439 g/mol. The Labute approximate surface area is 186 Å². The van der Waals surface area contributed by atoms with Crippen LogP contribution >= 0.6 is 0 Å². The molecule has 0 radical (unpaired) electrons. The average molecular weight is 440 g/mol. The Balaban J connectivity index is 1.26. The molecule has 1 amide bonds. The van der Waals surface area contributed by atoms with Gasteiger partial charge in [0.05, 0.1) is 5.52 Å². The van der Waals surface area contributed by atoms with Gasteiger partial charge >= 0.3 is 5.76 Å². The summed E-state index contributed by atoms with van der Waals surface area (Å²) in [4.78, 5) is 26.8. The molecule has 0 spiro atoms. The van der Waals surface area contributed by atoms with Gasteiger partial charge in [-0.1, -0.05) is 24.3 Å². The Bertz CT molecular complexity index is 1100. The van der Waals surface area contributed by atoms with Gasteiger partial charge in [-0.15, -0.1) is 0 Å². The lowest BCUT2D eigenvalue weighted by Gasteiger charge is -2.31. The lowest BCUT2D eigenvalue weighted by Crippen LogP contribution is -2.38. The Morgan fingerprint density at radius 3 is 2.84 bits per heavy atom. The third-order valence-electron chi connectivity index (χ3n) is 5.79. The van der Waals surface area contributed by atoms with Crippen LogP contribution in [0, 0.1) is 0 Å². The topological polar surface area (TPSA) is 85.9 Å². The first-order valence-corrected chi connectivity index (χ1v) is 10.9. The summed E-state index contributed by atoms with van der Waals surface area (Å²) in [7, 11) is 2.12. The van der Waals surface area contributed by atoms with Crippen LogP contribution in [0.5, 0.6) is 5.75 Å². The molecule has 8 nitrogen and oxygen atoms in total. The standard InChI is InChI=1S/C24H29N3O5/c1-26(19-9-12-30-13-10-19)11-14-31-20-6-4-5-18(15-20)16-25-23(28)17-27-21-7-2-3-8-22(21)32-24(27)29/h2-8,15,19H,9-14,16-17H2,1H3,(H,25,28). The van der Waals surface area contributed by atoms with Crippen molar-refractivity contribution < 1.29 is 18.7 Å². The van der Waals surface area contributed by atoms with Crippen molar-refractivity contribution in [2.75, 3.05) is 33.4 Å². The van der Waals surface area contributed by atoms with Crippen molar-refractivity contribution in [2.24, 2.45) is 0 Å². The van der Waals surface area contributed by atoms with Crippen molar-refractivity contribution in [3.8, 4) is 5.75 Å². The third kappa shape index (κ3) is 5.57. The molecule has 170 valence electrons. The number of hydrogen-bond donors (Lipinski definition) is 1. The van der Waals surface area contributed by atoms with Crippen molar-refractivity contribution in [1.82, 2.24) is 14.8 Å². The molecule has 2 heterocycles. The summed E-state index contributed by atoms with van der Waals surface area (Å²) in [5, 5.41) is 2.86. The Morgan fingerprint density at radius 2 is 2.00 bits per heavy atom. The molecule has 1 aliphatic rings. The number of rotatable bonds is 9. The van der Waals surface area contributed by atoms with E-state index in [1.807, 2.05) is 24.3 Å². The largest absolute Gasteiger partial charge is 0.492 e. The molecule has 0 unspecified atom stereocenters. The maximum absolute atomic E-state index is 12.4. The molecule has 1 aromatic heterocycles. The summed E-state index contributed by atoms with van der Waals surface area (Å²) in [6.45, 7) is 3.36. The van der Waals surface area contributed by atoms with Crippen LogP contribution in [0.3, 0.4) is 0 Å². The number of hydrogen-bond acceptors (Lipinski definition) is 6. The number of nitrogens with zero attached hydrogens (tertiary/aromatic N) is 2. The van der Waals surface area contributed by atoms with Gasteiger partial charge < -0.3 is 19.2 Å². The first kappa shape index (κ1) is 22.1. The molecule has 0 bridgehead atoms. The second-order valence-electron chi connectivity index (χ2n) is 8.02. The zero-order valence-electron chi connectivity index (χ0n) is 18.3. The number of benzene rings is 2. The molecule has 0 saturated carbocycles. The van der Waals surface area contributed by atoms with E-state index in [9.17, 15) is 9.59 Å². The zero-order chi connectivity index (χ0) is 22.3. The van der Waals surface area contributed by atoms with Crippen LogP contribution in [0.1, 0.15) is 18.4 Å². The zero-order valence-corrected chi connectivity index (χ0v) is 18.3. The minimum Gasteiger partial charge on any atom is -0.492 e. The summed E-state index contributed by atoms with van der Waals surface area (Å²) < 4.78 is 17.8. The van der Waals surface area contributed by atoms with Crippen LogP contribution in [-0.2, 0) is 22.6 Å². The van der Waals surface area contributed by atoms with Crippen LogP contribution in [0.15, 0.2) is 57.7 Å². The second-order valence-corrected chi connectivity index (χ2v) is 8.02. The maximum Gasteiger partial charge on any atom is 0.420 e. The molecule has 3 aromatic rings. The number of aromatic nitrogens is 1. The number of ether oxygens (including phenoxy) is 2. The fourth-order valence-electron chi connectivity index (χ4n) is 3.93. The number of carbonyl (C=O) groups excluding carboxylic acids is 1. The van der Waals surface area contributed by atoms with Gasteiger partial charge in [0.25, 0.3) is 0 Å². The molecule has 1 fully saturated rings. The highest BCUT2D eigenvalue weighted by molar-refractivity contribution is 5.79. The van der Waals surface area contributed by atoms with E-state index in [1.54, 1.807) is 24.3 Å². The van der Waals surface area contributed by atoms with E-state index in [0.717, 1.165) is 43.9 Å². The Morgan fingerprint density at radius 1 is 1.19 bits per heavy atom. The summed E-state index contributed by atoms with van der Waals surface area (Å²) >= 11 is 0. The van der Waals surface area contributed by atoms with Crippen molar-refractivity contribution in [3.63, 3.8) is 0 Å². The van der Waals surface area contributed by atoms with Crippen molar-refractivity contribution >= 4 is 17.0 Å². The van der Waals surface area contributed by atoms with Gasteiger partial charge in [0.1, 0.15) is 18.9 Å². The molecule has 1 saturated heterocycles. The minimum absolute atomic E-state index is 0.0927. The predicted molar refractivity (Wildman–Crippen MR) is 121 cm³/mol. The molecular formula is C24H29N3O5. The van der Waals surface area contributed by atoms with E-state index in [2.05, 4.69) is 17.3 Å². The molecule has 32 heavy (non-hydrogen) atoms. The van der Waals surface area contributed by atoms with E-state index in [4.69, 9.17) is 13.9 Å². The van der Waals surface area contributed by atoms with Gasteiger partial charge in [-0.2, -0.15) is 0 Å². The number of amides is 1. The first-order chi connectivity index (χ1) is 15.6. The molecule has 0 aliphatic carbocycles. The fourth-order valence-corrected chi connectivity index (χ4v) is 3.93. The number of para-hydroxylation sites is 2. The quantitative estimate of drug-likeness (QED) is 0.551. The predicted octanol–water partition coefficient (Wildman–Crippen LogP) is 2.40. The average Bonchev–Trinajstić information content (AvgIpc) is 3.13. The molecule has 2 aromatic carbocycles. The summed E-state index contributed by atoms with van der Waals surface area (Å²) in [5.74, 6) is -0.0281. The highest BCUT2D eigenvalue weighted by atomic mass is 16.5. The number of nitrogens with one attached hydrogen (secondary N) is 1. The summed E-state index contributed by atoms with van der Waals surface area (Å²) in [6, 6.07) is 15.3. The minimum atomic E-state index is -0.539. The van der Waals surface area contributed by atoms with E-state index < -0.39 is 5.76 Å². The first-order valence-electron chi connectivity index (χ1n) is 10.9. The van der Waals surface area contributed by atoms with Gasteiger partial charge in [-0.3, -0.25) is 14.3 Å². The molecular weight excluding hydrogens is 410 g/mol. The van der Waals surface area contributed by atoms with Crippen LogP contribution < -0.4 is 15.8 Å². The van der Waals surface area contributed by atoms with Gasteiger partial charge in [0.2, 0.25) is 5.91 Å². The lowest BCUT2D eigenvalue weighted by atomic mass is 10.1. The summed E-state index contributed by atoms with van der Waals surface area (Å²) in [5.41, 5.74) is 2.00. The van der Waals surface area contributed by atoms with Crippen LogP contribution in [-0.4, -0.2) is 54.8 Å².